The van der Waals surface area contributed by atoms with Gasteiger partial charge >= 0.3 is 0 Å². The molecule has 0 bridgehead atoms. The standard InChI is InChI=1S/C15H17N5/c1-2-7-17-15(14-10-18-20-19-14)12-5-3-4-11-6-8-16-9-13(11)12/h3-6,8-10,15,17H,2,7H2,1H3,(H,18,19,20). The molecule has 0 aliphatic carbocycles. The Labute approximate surface area is 117 Å². The Morgan fingerprint density at radius 1 is 1.25 bits per heavy atom. The Hall–Kier alpha value is -2.27. The van der Waals surface area contributed by atoms with Crippen LogP contribution in [0.1, 0.15) is 30.6 Å². The minimum Gasteiger partial charge on any atom is -0.305 e. The molecular weight excluding hydrogens is 250 g/mol. The summed E-state index contributed by atoms with van der Waals surface area (Å²) in [6.45, 7) is 3.08. The van der Waals surface area contributed by atoms with Gasteiger partial charge in [-0.1, -0.05) is 25.1 Å². The number of aromatic nitrogens is 4. The van der Waals surface area contributed by atoms with Crippen molar-refractivity contribution in [1.82, 2.24) is 25.7 Å². The van der Waals surface area contributed by atoms with Crippen molar-refractivity contribution in [2.24, 2.45) is 0 Å². The molecule has 20 heavy (non-hydrogen) atoms. The van der Waals surface area contributed by atoms with Gasteiger partial charge < -0.3 is 5.32 Å². The summed E-state index contributed by atoms with van der Waals surface area (Å²) in [5.74, 6) is 0. The van der Waals surface area contributed by atoms with Gasteiger partial charge in [-0.05, 0) is 30.0 Å². The Balaban J connectivity index is 2.09. The first-order valence-electron chi connectivity index (χ1n) is 6.82. The van der Waals surface area contributed by atoms with Crippen LogP contribution in [-0.2, 0) is 0 Å². The van der Waals surface area contributed by atoms with E-state index in [0.29, 0.717) is 0 Å². The number of fused-ring (bicyclic) bond motifs is 1. The highest BCUT2D eigenvalue weighted by Crippen LogP contribution is 2.27. The molecule has 0 saturated carbocycles. The van der Waals surface area contributed by atoms with Crippen LogP contribution >= 0.6 is 0 Å². The first kappa shape index (κ1) is 12.7. The number of aromatic amines is 1. The summed E-state index contributed by atoms with van der Waals surface area (Å²) in [7, 11) is 0. The van der Waals surface area contributed by atoms with Crippen molar-refractivity contribution in [3.8, 4) is 0 Å². The highest BCUT2D eigenvalue weighted by Gasteiger charge is 2.18. The maximum atomic E-state index is 4.25. The number of hydrogen-bond donors (Lipinski definition) is 2. The van der Waals surface area contributed by atoms with Crippen LogP contribution in [0.15, 0.2) is 42.9 Å². The molecule has 1 aromatic carbocycles. The van der Waals surface area contributed by atoms with E-state index < -0.39 is 0 Å². The average Bonchev–Trinajstić information content (AvgIpc) is 3.02. The van der Waals surface area contributed by atoms with Gasteiger partial charge in [0.15, 0.2) is 0 Å². The molecule has 102 valence electrons. The summed E-state index contributed by atoms with van der Waals surface area (Å²) < 4.78 is 0. The van der Waals surface area contributed by atoms with Crippen LogP contribution in [0, 0.1) is 0 Å². The van der Waals surface area contributed by atoms with Crippen molar-refractivity contribution in [2.75, 3.05) is 6.54 Å². The first-order chi connectivity index (χ1) is 9.90. The highest BCUT2D eigenvalue weighted by atomic mass is 15.3. The smallest absolute Gasteiger partial charge is 0.104 e. The lowest BCUT2D eigenvalue weighted by Crippen LogP contribution is -2.23. The fourth-order valence-electron chi connectivity index (χ4n) is 2.40. The third-order valence-corrected chi connectivity index (χ3v) is 3.36. The maximum absolute atomic E-state index is 4.25. The zero-order chi connectivity index (χ0) is 13.8. The van der Waals surface area contributed by atoms with E-state index in [-0.39, 0.29) is 6.04 Å². The molecule has 3 aromatic rings. The summed E-state index contributed by atoms with van der Waals surface area (Å²) in [5, 5.41) is 16.7. The molecule has 2 aromatic heterocycles. The Morgan fingerprint density at radius 3 is 3.00 bits per heavy atom. The summed E-state index contributed by atoms with van der Waals surface area (Å²) in [5.41, 5.74) is 2.08. The second kappa shape index (κ2) is 5.79. The normalized spacial score (nSPS) is 12.7. The number of nitrogens with one attached hydrogen (secondary N) is 2. The molecule has 0 amide bonds. The van der Waals surface area contributed by atoms with E-state index in [1.807, 2.05) is 18.5 Å². The zero-order valence-electron chi connectivity index (χ0n) is 11.4. The van der Waals surface area contributed by atoms with Gasteiger partial charge in [0.1, 0.15) is 5.69 Å². The van der Waals surface area contributed by atoms with Crippen LogP contribution in [0.3, 0.4) is 0 Å². The minimum absolute atomic E-state index is 0.0293. The van der Waals surface area contributed by atoms with Crippen molar-refractivity contribution in [1.29, 1.82) is 0 Å². The molecule has 0 aliphatic rings. The van der Waals surface area contributed by atoms with E-state index in [1.165, 1.54) is 10.9 Å². The molecule has 0 saturated heterocycles. The SMILES string of the molecule is CCCNC(c1cn[nH]n1)c1cccc2ccncc12. The fourth-order valence-corrected chi connectivity index (χ4v) is 2.40. The summed E-state index contributed by atoms with van der Waals surface area (Å²) in [6, 6.07) is 8.34. The zero-order valence-corrected chi connectivity index (χ0v) is 11.4. The van der Waals surface area contributed by atoms with Gasteiger partial charge in [-0.25, -0.2) is 0 Å². The van der Waals surface area contributed by atoms with E-state index in [4.69, 9.17) is 0 Å². The molecule has 0 aliphatic heterocycles. The third-order valence-electron chi connectivity index (χ3n) is 3.36. The van der Waals surface area contributed by atoms with Crippen LogP contribution in [0.25, 0.3) is 10.8 Å². The lowest BCUT2D eigenvalue weighted by Gasteiger charge is -2.18. The first-order valence-corrected chi connectivity index (χ1v) is 6.82. The molecule has 0 radical (unpaired) electrons. The van der Waals surface area contributed by atoms with Gasteiger partial charge in [-0.2, -0.15) is 15.4 Å². The molecule has 1 unspecified atom stereocenters. The molecule has 0 fully saturated rings. The molecule has 2 heterocycles. The number of hydrogen-bond acceptors (Lipinski definition) is 4. The van der Waals surface area contributed by atoms with E-state index in [1.54, 1.807) is 6.20 Å². The molecule has 3 rings (SSSR count). The van der Waals surface area contributed by atoms with Crippen molar-refractivity contribution in [3.05, 3.63) is 54.1 Å². The molecule has 1 atom stereocenters. The summed E-state index contributed by atoms with van der Waals surface area (Å²) >= 11 is 0. The molecule has 0 spiro atoms. The van der Waals surface area contributed by atoms with Crippen LogP contribution < -0.4 is 5.32 Å². The number of nitrogens with zero attached hydrogens (tertiary/aromatic N) is 3. The second-order valence-electron chi connectivity index (χ2n) is 4.73. The quantitative estimate of drug-likeness (QED) is 0.745. The number of pyridine rings is 1. The van der Waals surface area contributed by atoms with E-state index in [0.717, 1.165) is 24.0 Å². The van der Waals surface area contributed by atoms with E-state index >= 15 is 0 Å². The van der Waals surface area contributed by atoms with Gasteiger partial charge in [0.05, 0.1) is 12.2 Å². The topological polar surface area (TPSA) is 66.5 Å². The van der Waals surface area contributed by atoms with Crippen LogP contribution in [0.5, 0.6) is 0 Å². The Morgan fingerprint density at radius 2 is 2.20 bits per heavy atom. The largest absolute Gasteiger partial charge is 0.305 e. The molecular formula is C15H17N5. The van der Waals surface area contributed by atoms with Crippen LogP contribution in [0.2, 0.25) is 0 Å². The van der Waals surface area contributed by atoms with Gasteiger partial charge in [0, 0.05) is 17.8 Å². The monoisotopic (exact) mass is 267 g/mol. The summed E-state index contributed by atoms with van der Waals surface area (Å²) in [6.07, 6.45) is 6.56. The van der Waals surface area contributed by atoms with Gasteiger partial charge in [0.2, 0.25) is 0 Å². The second-order valence-corrected chi connectivity index (χ2v) is 4.73. The third kappa shape index (κ3) is 2.40. The maximum Gasteiger partial charge on any atom is 0.104 e. The van der Waals surface area contributed by atoms with Gasteiger partial charge in [0.25, 0.3) is 0 Å². The highest BCUT2D eigenvalue weighted by molar-refractivity contribution is 5.85. The molecule has 5 heteroatoms. The predicted octanol–water partition coefficient (Wildman–Crippen LogP) is 2.44. The number of H-pyrrole nitrogens is 1. The van der Waals surface area contributed by atoms with Crippen LogP contribution in [0.4, 0.5) is 0 Å². The fraction of sp³-hybridized carbons (Fsp3) is 0.267. The van der Waals surface area contributed by atoms with Crippen molar-refractivity contribution >= 4 is 10.8 Å². The van der Waals surface area contributed by atoms with Crippen LogP contribution in [-0.4, -0.2) is 26.9 Å². The average molecular weight is 267 g/mol. The van der Waals surface area contributed by atoms with Crippen molar-refractivity contribution in [2.45, 2.75) is 19.4 Å². The minimum atomic E-state index is 0.0293. The number of benzene rings is 1. The van der Waals surface area contributed by atoms with Crippen molar-refractivity contribution < 1.29 is 0 Å². The molecule has 2 N–H and O–H groups in total. The lowest BCUT2D eigenvalue weighted by molar-refractivity contribution is 0.588. The Kier molecular flexibility index (Phi) is 3.69. The molecule has 5 nitrogen and oxygen atoms in total. The van der Waals surface area contributed by atoms with E-state index in [2.05, 4.69) is 50.8 Å². The Bertz CT molecular complexity index is 672. The van der Waals surface area contributed by atoms with Crippen molar-refractivity contribution in [3.63, 3.8) is 0 Å². The number of rotatable bonds is 5. The van der Waals surface area contributed by atoms with Gasteiger partial charge in [-0.15, -0.1) is 0 Å². The lowest BCUT2D eigenvalue weighted by atomic mass is 9.98. The predicted molar refractivity (Wildman–Crippen MR) is 78.3 cm³/mol. The van der Waals surface area contributed by atoms with E-state index in [9.17, 15) is 0 Å². The summed E-state index contributed by atoms with van der Waals surface area (Å²) in [4.78, 5) is 4.25. The van der Waals surface area contributed by atoms with Gasteiger partial charge in [-0.3, -0.25) is 4.98 Å².